The van der Waals surface area contributed by atoms with Crippen LogP contribution in [0.1, 0.15) is 38.2 Å². The summed E-state index contributed by atoms with van der Waals surface area (Å²) in [5.74, 6) is -1.06. The maximum Gasteiger partial charge on any atom is 0.189 e. The third-order valence-electron chi connectivity index (χ3n) is 3.88. The van der Waals surface area contributed by atoms with Crippen molar-refractivity contribution in [2.24, 2.45) is 0 Å². The van der Waals surface area contributed by atoms with Crippen molar-refractivity contribution >= 4 is 28.0 Å². The summed E-state index contributed by atoms with van der Waals surface area (Å²) in [5, 5.41) is 12.9. The molecule has 3 rings (SSSR count). The van der Waals surface area contributed by atoms with E-state index in [-0.39, 0.29) is 5.78 Å². The maximum absolute atomic E-state index is 12.8. The molecule has 0 radical (unpaired) electrons. The van der Waals surface area contributed by atoms with E-state index in [0.29, 0.717) is 10.6 Å². The van der Waals surface area contributed by atoms with E-state index in [4.69, 9.17) is 0 Å². The van der Waals surface area contributed by atoms with Gasteiger partial charge in [0.05, 0.1) is 11.6 Å². The molecule has 0 amide bonds. The van der Waals surface area contributed by atoms with Crippen LogP contribution in [0.25, 0.3) is 10.9 Å². The molecule has 0 fully saturated rings. The van der Waals surface area contributed by atoms with Crippen molar-refractivity contribution in [3.05, 3.63) is 51.1 Å². The molecule has 0 saturated heterocycles. The van der Waals surface area contributed by atoms with E-state index in [1.807, 2.05) is 38.3 Å². The van der Waals surface area contributed by atoms with E-state index in [2.05, 4.69) is 16.0 Å². The van der Waals surface area contributed by atoms with E-state index < -0.39 is 5.92 Å². The summed E-state index contributed by atoms with van der Waals surface area (Å²) in [7, 11) is 0. The minimum atomic E-state index is -0.854. The van der Waals surface area contributed by atoms with Crippen molar-refractivity contribution in [3.63, 3.8) is 0 Å². The number of thiazole rings is 1. The molecule has 0 aliphatic rings. The molecule has 1 N–H and O–H groups in total. The minimum Gasteiger partial charge on any atom is -0.358 e. The second-order valence-corrected chi connectivity index (χ2v) is 6.25. The Morgan fingerprint density at radius 3 is 2.77 bits per heavy atom. The molecule has 1 aromatic carbocycles. The van der Waals surface area contributed by atoms with Gasteiger partial charge in [0, 0.05) is 27.7 Å². The average Bonchev–Trinajstić information content (AvgIpc) is 3.04. The summed E-state index contributed by atoms with van der Waals surface area (Å²) in [4.78, 5) is 20.4. The minimum absolute atomic E-state index is 0.205. The number of fused-ring (bicyclic) bond motifs is 1. The number of hydrogen-bond donors (Lipinski definition) is 1. The number of carbonyl (C=O) groups excluding carboxylic acids is 1. The van der Waals surface area contributed by atoms with Gasteiger partial charge in [-0.15, -0.1) is 11.3 Å². The fourth-order valence-electron chi connectivity index (χ4n) is 2.57. The third kappa shape index (κ3) is 2.22. The molecule has 1 unspecified atom stereocenters. The Kier molecular flexibility index (Phi) is 3.55. The van der Waals surface area contributed by atoms with Crippen LogP contribution in [0.4, 0.5) is 0 Å². The lowest BCUT2D eigenvalue weighted by Gasteiger charge is -2.06. The van der Waals surface area contributed by atoms with Crippen LogP contribution in [0, 0.1) is 32.1 Å². The average molecular weight is 309 g/mol. The van der Waals surface area contributed by atoms with Crippen molar-refractivity contribution in [3.8, 4) is 6.07 Å². The van der Waals surface area contributed by atoms with E-state index in [1.165, 1.54) is 11.3 Å². The lowest BCUT2D eigenvalue weighted by Crippen LogP contribution is -2.11. The molecule has 2 aromatic heterocycles. The Bertz CT molecular complexity index is 914. The lowest BCUT2D eigenvalue weighted by atomic mass is 9.97. The van der Waals surface area contributed by atoms with Crippen molar-refractivity contribution in [2.75, 3.05) is 0 Å². The number of nitrogens with one attached hydrogen (secondary N) is 1. The van der Waals surface area contributed by atoms with Gasteiger partial charge >= 0.3 is 0 Å². The van der Waals surface area contributed by atoms with Gasteiger partial charge in [0.25, 0.3) is 0 Å². The second kappa shape index (κ2) is 5.39. The Balaban J connectivity index is 2.12. The molecule has 5 heteroatoms. The van der Waals surface area contributed by atoms with E-state index in [1.54, 1.807) is 6.07 Å². The highest BCUT2D eigenvalue weighted by Gasteiger charge is 2.26. The van der Waals surface area contributed by atoms with Crippen molar-refractivity contribution < 1.29 is 4.79 Å². The number of H-pyrrole nitrogens is 1. The number of Topliss-reactive ketones (excluding diaryl/α,β-unsaturated/α-hetero) is 1. The van der Waals surface area contributed by atoms with Crippen LogP contribution in [-0.2, 0) is 0 Å². The number of ketones is 1. The van der Waals surface area contributed by atoms with Crippen LogP contribution in [-0.4, -0.2) is 15.8 Å². The van der Waals surface area contributed by atoms with E-state index >= 15 is 0 Å². The Morgan fingerprint density at radius 2 is 2.14 bits per heavy atom. The molecular formula is C17H15N3OS. The maximum atomic E-state index is 12.8. The first kappa shape index (κ1) is 14.5. The molecule has 1 atom stereocenters. The standard InChI is InChI=1S/C17H15N3OS/c1-9-8-22-17(19-9)14(7-18)16(21)13-6-4-5-12-10(2)11(3)20-15(12)13/h4-6,8,14,20H,1-3H3. The number of aryl methyl sites for hydroxylation is 3. The van der Waals surface area contributed by atoms with Crippen molar-refractivity contribution in [1.82, 2.24) is 9.97 Å². The predicted molar refractivity (Wildman–Crippen MR) is 87.3 cm³/mol. The Hall–Kier alpha value is -2.45. The monoisotopic (exact) mass is 309 g/mol. The molecule has 4 nitrogen and oxygen atoms in total. The largest absolute Gasteiger partial charge is 0.358 e. The summed E-state index contributed by atoms with van der Waals surface area (Å²) in [6, 6.07) is 7.71. The van der Waals surface area contributed by atoms with Crippen LogP contribution in [0.5, 0.6) is 0 Å². The zero-order valence-electron chi connectivity index (χ0n) is 12.6. The van der Waals surface area contributed by atoms with Crippen molar-refractivity contribution in [2.45, 2.75) is 26.7 Å². The van der Waals surface area contributed by atoms with Crippen molar-refractivity contribution in [1.29, 1.82) is 5.26 Å². The fraction of sp³-hybridized carbons (Fsp3) is 0.235. The van der Waals surface area contributed by atoms with Crippen LogP contribution in [0.3, 0.4) is 0 Å². The van der Waals surface area contributed by atoms with Gasteiger partial charge in [-0.2, -0.15) is 5.26 Å². The summed E-state index contributed by atoms with van der Waals surface area (Å²) >= 11 is 1.35. The summed E-state index contributed by atoms with van der Waals surface area (Å²) in [6.07, 6.45) is 0. The molecule has 3 aromatic rings. The number of nitriles is 1. The summed E-state index contributed by atoms with van der Waals surface area (Å²) < 4.78 is 0. The summed E-state index contributed by atoms with van der Waals surface area (Å²) in [6.45, 7) is 5.86. The first-order valence-electron chi connectivity index (χ1n) is 6.96. The normalized spacial score (nSPS) is 12.3. The van der Waals surface area contributed by atoms with Gasteiger partial charge in [-0.25, -0.2) is 4.98 Å². The number of aromatic nitrogens is 2. The van der Waals surface area contributed by atoms with Crippen LogP contribution in [0.2, 0.25) is 0 Å². The van der Waals surface area contributed by atoms with Gasteiger partial charge in [0.15, 0.2) is 11.7 Å². The number of nitrogens with zero attached hydrogens (tertiary/aromatic N) is 2. The van der Waals surface area contributed by atoms with Crippen LogP contribution >= 0.6 is 11.3 Å². The number of hydrogen-bond acceptors (Lipinski definition) is 4. The molecule has 0 aliphatic carbocycles. The molecule has 0 aliphatic heterocycles. The van der Waals surface area contributed by atoms with Gasteiger partial charge < -0.3 is 4.98 Å². The molecule has 0 spiro atoms. The van der Waals surface area contributed by atoms with Gasteiger partial charge in [-0.3, -0.25) is 4.79 Å². The topological polar surface area (TPSA) is 69.5 Å². The SMILES string of the molecule is Cc1csc(C(C#N)C(=O)c2cccc3c(C)c(C)[nH]c23)n1. The highest BCUT2D eigenvalue weighted by Crippen LogP contribution is 2.29. The third-order valence-corrected chi connectivity index (χ3v) is 4.91. The zero-order valence-corrected chi connectivity index (χ0v) is 13.4. The first-order valence-corrected chi connectivity index (χ1v) is 7.84. The van der Waals surface area contributed by atoms with Gasteiger partial charge in [0.1, 0.15) is 5.01 Å². The van der Waals surface area contributed by atoms with Gasteiger partial charge in [0.2, 0.25) is 0 Å². The van der Waals surface area contributed by atoms with E-state index in [0.717, 1.165) is 27.9 Å². The Morgan fingerprint density at radius 1 is 1.36 bits per heavy atom. The highest BCUT2D eigenvalue weighted by molar-refractivity contribution is 7.10. The molecule has 0 saturated carbocycles. The smallest absolute Gasteiger partial charge is 0.189 e. The molecule has 22 heavy (non-hydrogen) atoms. The fourth-order valence-corrected chi connectivity index (χ4v) is 3.41. The zero-order chi connectivity index (χ0) is 15.9. The summed E-state index contributed by atoms with van der Waals surface area (Å²) in [5.41, 5.74) is 4.35. The Labute approximate surface area is 132 Å². The number of rotatable bonds is 3. The van der Waals surface area contributed by atoms with Crippen LogP contribution < -0.4 is 0 Å². The van der Waals surface area contributed by atoms with Gasteiger partial charge in [-0.1, -0.05) is 12.1 Å². The molecule has 2 heterocycles. The molecular weight excluding hydrogens is 294 g/mol. The lowest BCUT2D eigenvalue weighted by molar-refractivity contribution is 0.0980. The number of aromatic amines is 1. The molecule has 110 valence electrons. The highest BCUT2D eigenvalue weighted by atomic mass is 32.1. The second-order valence-electron chi connectivity index (χ2n) is 5.36. The number of para-hydroxylation sites is 1. The van der Waals surface area contributed by atoms with Gasteiger partial charge in [-0.05, 0) is 32.4 Å². The predicted octanol–water partition coefficient (Wildman–Crippen LogP) is 4.04. The van der Waals surface area contributed by atoms with Crippen LogP contribution in [0.15, 0.2) is 23.6 Å². The first-order chi connectivity index (χ1) is 10.5. The number of carbonyl (C=O) groups is 1. The van der Waals surface area contributed by atoms with E-state index in [9.17, 15) is 10.1 Å². The molecule has 0 bridgehead atoms. The number of benzene rings is 1. The quantitative estimate of drug-likeness (QED) is 0.742.